The lowest BCUT2D eigenvalue weighted by Crippen LogP contribution is -2.41. The van der Waals surface area contributed by atoms with E-state index < -0.39 is 5.60 Å². The molecule has 1 fully saturated rings. The maximum atomic E-state index is 12.3. The van der Waals surface area contributed by atoms with Gasteiger partial charge in [0, 0.05) is 6.54 Å². The maximum Gasteiger partial charge on any atom is 0.171 e. The van der Waals surface area contributed by atoms with Gasteiger partial charge >= 0.3 is 0 Å². The number of ketones is 1. The van der Waals surface area contributed by atoms with E-state index in [1.165, 1.54) is 0 Å². The average molecular weight is 241 g/mol. The lowest BCUT2D eigenvalue weighted by atomic mass is 9.85. The van der Waals surface area contributed by atoms with Gasteiger partial charge in [-0.25, -0.2) is 0 Å². The second-order valence-electron chi connectivity index (χ2n) is 6.03. The standard InChI is InChI=1S/C14H27NO2/c1-7-9-15(8-2)10-11-12(16)14(5,6)17-13(11,3)4/h11H,7-10H2,1-6H3. The predicted molar refractivity (Wildman–Crippen MR) is 70.1 cm³/mol. The largest absolute Gasteiger partial charge is 0.361 e. The van der Waals surface area contributed by atoms with Crippen molar-refractivity contribution in [1.82, 2.24) is 4.90 Å². The highest BCUT2D eigenvalue weighted by Gasteiger charge is 2.53. The zero-order valence-corrected chi connectivity index (χ0v) is 12.2. The van der Waals surface area contributed by atoms with E-state index in [2.05, 4.69) is 18.7 Å². The first kappa shape index (κ1) is 14.7. The minimum atomic E-state index is -0.625. The SMILES string of the molecule is CCCN(CC)CC1C(=O)C(C)(C)OC1(C)C. The highest BCUT2D eigenvalue weighted by atomic mass is 16.5. The van der Waals surface area contributed by atoms with Gasteiger partial charge in [0.15, 0.2) is 5.78 Å². The predicted octanol–water partition coefficient (Wildman–Crippen LogP) is 2.49. The van der Waals surface area contributed by atoms with Crippen molar-refractivity contribution in [3.63, 3.8) is 0 Å². The van der Waals surface area contributed by atoms with Crippen LogP contribution in [0.4, 0.5) is 0 Å². The molecule has 0 aliphatic carbocycles. The molecule has 0 spiro atoms. The summed E-state index contributed by atoms with van der Waals surface area (Å²) >= 11 is 0. The van der Waals surface area contributed by atoms with Gasteiger partial charge < -0.3 is 9.64 Å². The fourth-order valence-corrected chi connectivity index (χ4v) is 2.77. The monoisotopic (exact) mass is 241 g/mol. The molecular weight excluding hydrogens is 214 g/mol. The Morgan fingerprint density at radius 1 is 1.24 bits per heavy atom. The number of carbonyl (C=O) groups excluding carboxylic acids is 1. The van der Waals surface area contributed by atoms with Crippen molar-refractivity contribution in [2.75, 3.05) is 19.6 Å². The lowest BCUT2D eigenvalue weighted by Gasteiger charge is -2.30. The van der Waals surface area contributed by atoms with Gasteiger partial charge in [-0.05, 0) is 47.2 Å². The molecule has 0 saturated carbocycles. The van der Waals surface area contributed by atoms with Crippen molar-refractivity contribution in [1.29, 1.82) is 0 Å². The van der Waals surface area contributed by atoms with Crippen LogP contribution in [0.15, 0.2) is 0 Å². The van der Waals surface area contributed by atoms with E-state index in [0.717, 1.165) is 26.1 Å². The molecule has 0 aromatic rings. The molecule has 0 aromatic heterocycles. The normalized spacial score (nSPS) is 26.8. The number of ether oxygens (including phenoxy) is 1. The van der Waals surface area contributed by atoms with Gasteiger partial charge in [-0.1, -0.05) is 13.8 Å². The molecule has 1 atom stereocenters. The average Bonchev–Trinajstić information content (AvgIpc) is 2.35. The Morgan fingerprint density at radius 2 is 1.82 bits per heavy atom. The fraction of sp³-hybridized carbons (Fsp3) is 0.929. The smallest absolute Gasteiger partial charge is 0.171 e. The van der Waals surface area contributed by atoms with Crippen molar-refractivity contribution in [2.24, 2.45) is 5.92 Å². The first-order valence-electron chi connectivity index (χ1n) is 6.71. The second-order valence-corrected chi connectivity index (χ2v) is 6.03. The Labute approximate surface area is 106 Å². The number of hydrogen-bond acceptors (Lipinski definition) is 3. The quantitative estimate of drug-likeness (QED) is 0.740. The molecule has 0 radical (unpaired) electrons. The molecule has 0 amide bonds. The molecule has 0 bridgehead atoms. The van der Waals surface area contributed by atoms with E-state index in [-0.39, 0.29) is 17.3 Å². The van der Waals surface area contributed by atoms with Gasteiger partial charge in [-0.3, -0.25) is 4.79 Å². The van der Waals surface area contributed by atoms with Crippen LogP contribution in [-0.2, 0) is 9.53 Å². The first-order valence-corrected chi connectivity index (χ1v) is 6.71. The summed E-state index contributed by atoms with van der Waals surface area (Å²) in [6.45, 7) is 15.0. The van der Waals surface area contributed by atoms with Crippen molar-refractivity contribution in [2.45, 2.75) is 59.2 Å². The topological polar surface area (TPSA) is 29.5 Å². The first-order chi connectivity index (χ1) is 7.74. The Hall–Kier alpha value is -0.410. The van der Waals surface area contributed by atoms with Gasteiger partial charge in [0.05, 0.1) is 11.5 Å². The Bertz CT molecular complexity index is 284. The summed E-state index contributed by atoms with van der Waals surface area (Å²) in [5.74, 6) is 0.237. The molecule has 3 nitrogen and oxygen atoms in total. The van der Waals surface area contributed by atoms with Gasteiger partial charge in [0.25, 0.3) is 0 Å². The minimum absolute atomic E-state index is 0.0102. The summed E-state index contributed by atoms with van der Waals surface area (Å²) in [5, 5.41) is 0. The van der Waals surface area contributed by atoms with E-state index >= 15 is 0 Å². The van der Waals surface area contributed by atoms with E-state index in [9.17, 15) is 4.79 Å². The molecule has 0 aromatic carbocycles. The molecule has 3 heteroatoms. The van der Waals surface area contributed by atoms with Crippen LogP contribution in [0, 0.1) is 5.92 Å². The number of nitrogens with zero attached hydrogens (tertiary/aromatic N) is 1. The van der Waals surface area contributed by atoms with Crippen LogP contribution in [-0.4, -0.2) is 41.5 Å². The van der Waals surface area contributed by atoms with Crippen molar-refractivity contribution >= 4 is 5.78 Å². The van der Waals surface area contributed by atoms with Crippen molar-refractivity contribution in [3.05, 3.63) is 0 Å². The number of hydrogen-bond donors (Lipinski definition) is 0. The summed E-state index contributed by atoms with van der Waals surface area (Å²) < 4.78 is 5.91. The van der Waals surface area contributed by atoms with Crippen molar-refractivity contribution < 1.29 is 9.53 Å². The van der Waals surface area contributed by atoms with Crippen molar-refractivity contribution in [3.8, 4) is 0 Å². The highest BCUT2D eigenvalue weighted by Crippen LogP contribution is 2.39. The molecule has 1 unspecified atom stereocenters. The van der Waals surface area contributed by atoms with Crippen LogP contribution in [0.3, 0.4) is 0 Å². The van der Waals surface area contributed by atoms with Crippen LogP contribution in [0.2, 0.25) is 0 Å². The molecule has 1 saturated heterocycles. The van der Waals surface area contributed by atoms with E-state index in [1.807, 2.05) is 27.7 Å². The van der Waals surface area contributed by atoms with Crippen LogP contribution in [0.5, 0.6) is 0 Å². The molecule has 17 heavy (non-hydrogen) atoms. The van der Waals surface area contributed by atoms with Gasteiger partial charge in [0.1, 0.15) is 5.60 Å². The summed E-state index contributed by atoms with van der Waals surface area (Å²) in [7, 11) is 0. The molecule has 1 aliphatic heterocycles. The highest BCUT2D eigenvalue weighted by molar-refractivity contribution is 5.91. The van der Waals surface area contributed by atoms with Crippen LogP contribution >= 0.6 is 0 Å². The van der Waals surface area contributed by atoms with E-state index in [0.29, 0.717) is 0 Å². The Morgan fingerprint density at radius 3 is 2.18 bits per heavy atom. The van der Waals surface area contributed by atoms with E-state index in [4.69, 9.17) is 4.74 Å². The lowest BCUT2D eigenvalue weighted by molar-refractivity contribution is -0.132. The molecular formula is C14H27NO2. The molecule has 1 rings (SSSR count). The Kier molecular flexibility index (Phi) is 4.37. The van der Waals surface area contributed by atoms with Gasteiger partial charge in [-0.15, -0.1) is 0 Å². The molecule has 0 N–H and O–H groups in total. The number of carbonyl (C=O) groups is 1. The minimum Gasteiger partial charge on any atom is -0.361 e. The van der Waals surface area contributed by atoms with E-state index in [1.54, 1.807) is 0 Å². The summed E-state index contributed by atoms with van der Waals surface area (Å²) in [4.78, 5) is 14.7. The maximum absolute atomic E-state index is 12.3. The van der Waals surface area contributed by atoms with Crippen LogP contribution in [0.1, 0.15) is 48.0 Å². The zero-order chi connectivity index (χ0) is 13.3. The van der Waals surface area contributed by atoms with Crippen LogP contribution < -0.4 is 0 Å². The summed E-state index contributed by atoms with van der Waals surface area (Å²) in [5.41, 5.74) is -0.971. The van der Waals surface area contributed by atoms with Gasteiger partial charge in [0.2, 0.25) is 0 Å². The third-order valence-electron chi connectivity index (χ3n) is 3.70. The molecule has 1 heterocycles. The fourth-order valence-electron chi connectivity index (χ4n) is 2.77. The van der Waals surface area contributed by atoms with Crippen LogP contribution in [0.25, 0.3) is 0 Å². The summed E-state index contributed by atoms with van der Waals surface area (Å²) in [6.07, 6.45) is 1.12. The number of rotatable bonds is 5. The third-order valence-corrected chi connectivity index (χ3v) is 3.70. The Balaban J connectivity index is 2.78. The number of Topliss-reactive ketones (excluding diaryl/α,β-unsaturated/α-hetero) is 1. The molecule has 100 valence electrons. The third kappa shape index (κ3) is 3.08. The molecule has 1 aliphatic rings. The zero-order valence-electron chi connectivity index (χ0n) is 12.2. The second kappa shape index (κ2) is 5.07. The summed E-state index contributed by atoms with van der Waals surface area (Å²) in [6, 6.07) is 0. The van der Waals surface area contributed by atoms with Gasteiger partial charge in [-0.2, -0.15) is 0 Å².